The number of rotatable bonds is 6. The molecule has 4 rings (SSSR count). The molecular weight excluding hydrogens is 432 g/mol. The van der Waals surface area contributed by atoms with Crippen molar-refractivity contribution in [2.75, 3.05) is 11.9 Å². The second-order valence-corrected chi connectivity index (χ2v) is 8.65. The van der Waals surface area contributed by atoms with Gasteiger partial charge in [0.05, 0.1) is 11.3 Å². The molecule has 2 heterocycles. The highest BCUT2D eigenvalue weighted by Crippen LogP contribution is 2.37. The van der Waals surface area contributed by atoms with Crippen LogP contribution in [0.25, 0.3) is 9.53 Å². The third-order valence-corrected chi connectivity index (χ3v) is 6.99. The third-order valence-electron chi connectivity index (χ3n) is 4.60. The van der Waals surface area contributed by atoms with Crippen molar-refractivity contribution in [2.45, 2.75) is 13.8 Å². The fraction of sp³-hybridized carbons (Fsp3) is 0.130. The van der Waals surface area contributed by atoms with Crippen molar-refractivity contribution in [3.63, 3.8) is 0 Å². The summed E-state index contributed by atoms with van der Waals surface area (Å²) in [5.74, 6) is -0.769. The van der Waals surface area contributed by atoms with E-state index in [-0.39, 0.29) is 17.7 Å². The normalized spacial score (nSPS) is 10.8. The SMILES string of the molecule is CCOC(=O)c1sc2nc(NC(=O)c3ccc(C(=O)c4ccccc4)cc3)sc2c1C. The molecule has 0 fully saturated rings. The number of benzene rings is 2. The average molecular weight is 451 g/mol. The molecule has 0 aliphatic rings. The zero-order valence-electron chi connectivity index (χ0n) is 16.8. The first-order valence-corrected chi connectivity index (χ1v) is 11.2. The quantitative estimate of drug-likeness (QED) is 0.317. The molecule has 1 N–H and O–H groups in total. The third kappa shape index (κ3) is 4.26. The minimum absolute atomic E-state index is 0.0967. The Bertz CT molecular complexity index is 1270. The predicted molar refractivity (Wildman–Crippen MR) is 122 cm³/mol. The summed E-state index contributed by atoms with van der Waals surface area (Å²) in [6.07, 6.45) is 0. The molecule has 156 valence electrons. The van der Waals surface area contributed by atoms with Crippen LogP contribution in [0.15, 0.2) is 54.6 Å². The Morgan fingerprint density at radius 3 is 2.23 bits per heavy atom. The first-order chi connectivity index (χ1) is 15.0. The van der Waals surface area contributed by atoms with Crippen molar-refractivity contribution in [3.05, 3.63) is 81.7 Å². The lowest BCUT2D eigenvalue weighted by Gasteiger charge is -2.04. The Kier molecular flexibility index (Phi) is 5.92. The number of nitrogens with zero attached hydrogens (tertiary/aromatic N) is 1. The Labute approximate surface area is 186 Å². The largest absolute Gasteiger partial charge is 0.462 e. The van der Waals surface area contributed by atoms with Crippen LogP contribution in [0, 0.1) is 6.92 Å². The molecular formula is C23H18N2O4S2. The van der Waals surface area contributed by atoms with Crippen LogP contribution in [-0.2, 0) is 4.74 Å². The standard InChI is InChI=1S/C23H18N2O4S2/c1-3-29-22(28)19-13(2)18-21(30-19)25-23(31-18)24-20(27)16-11-9-15(10-12-16)17(26)14-7-5-4-6-8-14/h4-12H,3H2,1-2H3,(H,24,25,27). The minimum Gasteiger partial charge on any atom is -0.462 e. The second kappa shape index (κ2) is 8.79. The van der Waals surface area contributed by atoms with E-state index in [9.17, 15) is 14.4 Å². The van der Waals surface area contributed by atoms with Gasteiger partial charge in [0, 0.05) is 16.7 Å². The van der Waals surface area contributed by atoms with Gasteiger partial charge in [-0.25, -0.2) is 9.78 Å². The van der Waals surface area contributed by atoms with E-state index in [0.29, 0.717) is 38.1 Å². The summed E-state index contributed by atoms with van der Waals surface area (Å²) in [7, 11) is 0. The number of hydrogen-bond acceptors (Lipinski definition) is 7. The molecule has 0 spiro atoms. The summed E-state index contributed by atoms with van der Waals surface area (Å²) in [6.45, 7) is 3.92. The van der Waals surface area contributed by atoms with Crippen molar-refractivity contribution in [1.82, 2.24) is 4.98 Å². The number of hydrogen-bond donors (Lipinski definition) is 1. The fourth-order valence-electron chi connectivity index (χ4n) is 3.03. The number of ketones is 1. The molecule has 8 heteroatoms. The van der Waals surface area contributed by atoms with Crippen molar-refractivity contribution in [3.8, 4) is 0 Å². The van der Waals surface area contributed by atoms with Crippen molar-refractivity contribution < 1.29 is 19.1 Å². The monoisotopic (exact) mass is 450 g/mol. The highest BCUT2D eigenvalue weighted by atomic mass is 32.1. The fourth-order valence-corrected chi connectivity index (χ4v) is 5.24. The smallest absolute Gasteiger partial charge is 0.348 e. The first kappa shape index (κ1) is 20.9. The van der Waals surface area contributed by atoms with Gasteiger partial charge in [0.25, 0.3) is 5.91 Å². The van der Waals surface area contributed by atoms with Gasteiger partial charge in [-0.15, -0.1) is 11.3 Å². The van der Waals surface area contributed by atoms with Gasteiger partial charge in [-0.05, 0) is 31.5 Å². The van der Waals surface area contributed by atoms with Gasteiger partial charge >= 0.3 is 5.97 Å². The average Bonchev–Trinajstić information content (AvgIpc) is 3.32. The van der Waals surface area contributed by atoms with Crippen LogP contribution < -0.4 is 5.32 Å². The van der Waals surface area contributed by atoms with Crippen molar-refractivity contribution in [1.29, 1.82) is 0 Å². The number of carbonyl (C=O) groups is 3. The summed E-state index contributed by atoms with van der Waals surface area (Å²) in [5.41, 5.74) is 2.34. The number of esters is 1. The number of thiazole rings is 1. The molecule has 1 amide bonds. The van der Waals surface area contributed by atoms with E-state index in [4.69, 9.17) is 4.74 Å². The van der Waals surface area contributed by atoms with E-state index < -0.39 is 0 Å². The summed E-state index contributed by atoms with van der Waals surface area (Å²) >= 11 is 2.57. The van der Waals surface area contributed by atoms with Gasteiger partial charge in [0.15, 0.2) is 10.9 Å². The van der Waals surface area contributed by atoms with Gasteiger partial charge in [-0.3, -0.25) is 14.9 Å². The van der Waals surface area contributed by atoms with Gasteiger partial charge in [-0.2, -0.15) is 0 Å². The van der Waals surface area contributed by atoms with Crippen LogP contribution in [-0.4, -0.2) is 29.3 Å². The number of aryl methyl sites for hydroxylation is 1. The van der Waals surface area contributed by atoms with E-state index in [1.54, 1.807) is 43.3 Å². The zero-order chi connectivity index (χ0) is 22.0. The Morgan fingerprint density at radius 1 is 0.935 bits per heavy atom. The molecule has 0 aliphatic heterocycles. The van der Waals surface area contributed by atoms with Gasteiger partial charge in [0.2, 0.25) is 0 Å². The molecule has 6 nitrogen and oxygen atoms in total. The van der Waals surface area contributed by atoms with Crippen LogP contribution >= 0.6 is 22.7 Å². The number of amides is 1. The van der Waals surface area contributed by atoms with Crippen LogP contribution in [0.2, 0.25) is 0 Å². The lowest BCUT2D eigenvalue weighted by atomic mass is 10.0. The number of fused-ring (bicyclic) bond motifs is 1. The van der Waals surface area contributed by atoms with E-state index in [0.717, 1.165) is 10.3 Å². The Morgan fingerprint density at radius 2 is 1.58 bits per heavy atom. The lowest BCUT2D eigenvalue weighted by molar-refractivity contribution is 0.0531. The molecule has 0 atom stereocenters. The van der Waals surface area contributed by atoms with E-state index in [1.165, 1.54) is 22.7 Å². The molecule has 0 saturated carbocycles. The molecule has 0 aliphatic carbocycles. The van der Waals surface area contributed by atoms with E-state index in [1.807, 2.05) is 25.1 Å². The molecule has 2 aromatic heterocycles. The topological polar surface area (TPSA) is 85.4 Å². The number of nitrogens with one attached hydrogen (secondary N) is 1. The Balaban J connectivity index is 1.48. The Hall–Kier alpha value is -3.36. The van der Waals surface area contributed by atoms with Gasteiger partial charge in [0.1, 0.15) is 9.71 Å². The second-order valence-electron chi connectivity index (χ2n) is 6.66. The lowest BCUT2D eigenvalue weighted by Crippen LogP contribution is -2.12. The number of ether oxygens (including phenoxy) is 1. The van der Waals surface area contributed by atoms with E-state index in [2.05, 4.69) is 10.3 Å². The summed E-state index contributed by atoms with van der Waals surface area (Å²) in [5, 5.41) is 3.24. The first-order valence-electron chi connectivity index (χ1n) is 9.56. The minimum atomic E-state index is -0.356. The molecule has 0 bridgehead atoms. The maximum absolute atomic E-state index is 12.6. The van der Waals surface area contributed by atoms with Crippen LogP contribution in [0.5, 0.6) is 0 Å². The predicted octanol–water partition coefficient (Wildman–Crippen LogP) is 5.33. The molecule has 0 saturated heterocycles. The summed E-state index contributed by atoms with van der Waals surface area (Å²) in [6, 6.07) is 15.5. The number of thiophene rings is 1. The molecule has 31 heavy (non-hydrogen) atoms. The molecule has 0 unspecified atom stereocenters. The number of carbonyl (C=O) groups excluding carboxylic acids is 3. The van der Waals surface area contributed by atoms with Gasteiger partial charge < -0.3 is 4.74 Å². The summed E-state index contributed by atoms with van der Waals surface area (Å²) < 4.78 is 5.92. The van der Waals surface area contributed by atoms with Gasteiger partial charge in [-0.1, -0.05) is 53.8 Å². The zero-order valence-corrected chi connectivity index (χ0v) is 18.4. The maximum atomic E-state index is 12.6. The molecule has 2 aromatic carbocycles. The van der Waals surface area contributed by atoms with Crippen LogP contribution in [0.3, 0.4) is 0 Å². The molecule has 4 aromatic rings. The van der Waals surface area contributed by atoms with Crippen molar-refractivity contribution >= 4 is 55.0 Å². The maximum Gasteiger partial charge on any atom is 0.348 e. The summed E-state index contributed by atoms with van der Waals surface area (Å²) in [4.78, 5) is 42.8. The highest BCUT2D eigenvalue weighted by Gasteiger charge is 2.20. The van der Waals surface area contributed by atoms with Crippen molar-refractivity contribution in [2.24, 2.45) is 0 Å². The molecule has 0 radical (unpaired) electrons. The number of aromatic nitrogens is 1. The van der Waals surface area contributed by atoms with Crippen LogP contribution in [0.4, 0.5) is 5.13 Å². The van der Waals surface area contributed by atoms with E-state index >= 15 is 0 Å². The highest BCUT2D eigenvalue weighted by molar-refractivity contribution is 7.30. The van der Waals surface area contributed by atoms with Crippen LogP contribution in [0.1, 0.15) is 48.4 Å². The number of anilines is 1.